The molecular weight excluding hydrogens is 348 g/mol. The molecule has 26 heavy (non-hydrogen) atoms. The highest BCUT2D eigenvalue weighted by Crippen LogP contribution is 2.27. The lowest BCUT2D eigenvalue weighted by Crippen LogP contribution is -2.29. The third-order valence-electron chi connectivity index (χ3n) is 4.64. The van der Waals surface area contributed by atoms with Gasteiger partial charge in [-0.15, -0.1) is 11.3 Å². The summed E-state index contributed by atoms with van der Waals surface area (Å²) < 4.78 is 0. The quantitative estimate of drug-likeness (QED) is 0.866. The fourth-order valence-corrected chi connectivity index (χ4v) is 3.63. The molecule has 1 aromatic carbocycles. The molecule has 1 aromatic heterocycles. The molecule has 1 aliphatic rings. The van der Waals surface area contributed by atoms with Gasteiger partial charge in [0.05, 0.1) is 5.92 Å². The Morgan fingerprint density at radius 2 is 1.88 bits per heavy atom. The monoisotopic (exact) mass is 372 g/mol. The molecule has 1 N–H and O–H groups in total. The van der Waals surface area contributed by atoms with Crippen molar-refractivity contribution in [1.82, 2.24) is 9.88 Å². The number of amides is 3. The number of hydrogen-bond donors (Lipinski definition) is 1. The van der Waals surface area contributed by atoms with Gasteiger partial charge in [-0.2, -0.15) is 0 Å². The number of anilines is 2. The Balaban J connectivity index is 1.66. The number of hydrogen-bond acceptors (Lipinski definition) is 4. The first-order valence-electron chi connectivity index (χ1n) is 8.76. The van der Waals surface area contributed by atoms with Crippen molar-refractivity contribution >= 4 is 34.1 Å². The Morgan fingerprint density at radius 1 is 1.19 bits per heavy atom. The van der Waals surface area contributed by atoms with Crippen LogP contribution in [0.1, 0.15) is 43.0 Å². The van der Waals surface area contributed by atoms with Crippen LogP contribution in [0, 0.1) is 0 Å². The zero-order valence-electron chi connectivity index (χ0n) is 15.5. The lowest BCUT2D eigenvalue weighted by atomic mass is 10.00. The number of likely N-dealkylation sites (N-methyl/N-ethyl adjacent to an activating group) is 1. The Morgan fingerprint density at radius 3 is 2.42 bits per heavy atom. The maximum Gasteiger partial charge on any atom is 0.324 e. The molecule has 0 aliphatic carbocycles. The molecule has 7 heteroatoms. The van der Waals surface area contributed by atoms with Gasteiger partial charge in [0.2, 0.25) is 5.91 Å². The van der Waals surface area contributed by atoms with Crippen molar-refractivity contribution < 1.29 is 9.59 Å². The van der Waals surface area contributed by atoms with Gasteiger partial charge in [0.25, 0.3) is 0 Å². The summed E-state index contributed by atoms with van der Waals surface area (Å²) >= 11 is 1.51. The average Bonchev–Trinajstić information content (AvgIpc) is 3.22. The van der Waals surface area contributed by atoms with E-state index in [4.69, 9.17) is 0 Å². The van der Waals surface area contributed by atoms with Crippen LogP contribution in [0.3, 0.4) is 0 Å². The van der Waals surface area contributed by atoms with Crippen molar-refractivity contribution in [2.75, 3.05) is 30.4 Å². The standard InChI is InChI=1S/C19H24N4O2S/c1-12(2)16-11-20-18(26-16)21-17(24)13(3)14-5-7-15(8-6-14)23-10-9-22(4)19(23)25/h5-8,11-13H,9-10H2,1-4H3,(H,20,21,24). The van der Waals surface area contributed by atoms with Crippen LogP contribution in [0.4, 0.5) is 15.6 Å². The fraction of sp³-hybridized carbons (Fsp3) is 0.421. The van der Waals surface area contributed by atoms with Crippen LogP contribution >= 0.6 is 11.3 Å². The molecule has 0 bridgehead atoms. The average molecular weight is 372 g/mol. The first-order chi connectivity index (χ1) is 12.4. The van der Waals surface area contributed by atoms with Crippen molar-refractivity contribution in [1.29, 1.82) is 0 Å². The third-order valence-corrected chi connectivity index (χ3v) is 5.85. The van der Waals surface area contributed by atoms with Gasteiger partial charge in [-0.25, -0.2) is 9.78 Å². The molecule has 1 atom stereocenters. The van der Waals surface area contributed by atoms with Crippen molar-refractivity contribution in [2.45, 2.75) is 32.6 Å². The molecule has 138 valence electrons. The Labute approximate surface area is 157 Å². The molecule has 6 nitrogen and oxygen atoms in total. The predicted octanol–water partition coefficient (Wildman–Crippen LogP) is 3.88. The van der Waals surface area contributed by atoms with E-state index in [1.165, 1.54) is 11.3 Å². The largest absolute Gasteiger partial charge is 0.326 e. The molecule has 0 spiro atoms. The van der Waals surface area contributed by atoms with Crippen LogP contribution in [-0.4, -0.2) is 42.0 Å². The lowest BCUT2D eigenvalue weighted by molar-refractivity contribution is -0.117. The Kier molecular flexibility index (Phi) is 5.27. The summed E-state index contributed by atoms with van der Waals surface area (Å²) in [7, 11) is 1.80. The van der Waals surface area contributed by atoms with Crippen molar-refractivity contribution in [3.05, 3.63) is 40.9 Å². The number of aromatic nitrogens is 1. The maximum atomic E-state index is 12.5. The molecule has 3 amide bonds. The van der Waals surface area contributed by atoms with Gasteiger partial charge in [0.1, 0.15) is 0 Å². The number of rotatable bonds is 5. The molecule has 1 unspecified atom stereocenters. The van der Waals surface area contributed by atoms with Gasteiger partial charge in [0.15, 0.2) is 5.13 Å². The molecule has 1 saturated heterocycles. The summed E-state index contributed by atoms with van der Waals surface area (Å²) in [4.78, 5) is 33.4. The molecule has 0 radical (unpaired) electrons. The van der Waals surface area contributed by atoms with Crippen LogP contribution in [0.5, 0.6) is 0 Å². The maximum absolute atomic E-state index is 12.5. The number of nitrogens with one attached hydrogen (secondary N) is 1. The molecule has 3 rings (SSSR count). The second-order valence-electron chi connectivity index (χ2n) is 6.88. The minimum Gasteiger partial charge on any atom is -0.326 e. The van der Waals surface area contributed by atoms with E-state index >= 15 is 0 Å². The smallest absolute Gasteiger partial charge is 0.324 e. The van der Waals surface area contributed by atoms with Gasteiger partial charge in [-0.1, -0.05) is 26.0 Å². The minimum atomic E-state index is -0.299. The van der Waals surface area contributed by atoms with Crippen molar-refractivity contribution in [2.24, 2.45) is 0 Å². The zero-order valence-corrected chi connectivity index (χ0v) is 16.3. The van der Waals surface area contributed by atoms with E-state index < -0.39 is 0 Å². The Hall–Kier alpha value is -2.41. The van der Waals surface area contributed by atoms with Gasteiger partial charge in [-0.05, 0) is 30.5 Å². The van der Waals surface area contributed by atoms with Gasteiger partial charge < -0.3 is 10.2 Å². The highest BCUT2D eigenvalue weighted by atomic mass is 32.1. The fourth-order valence-electron chi connectivity index (χ4n) is 2.81. The summed E-state index contributed by atoms with van der Waals surface area (Å²) in [5, 5.41) is 3.53. The normalized spacial score (nSPS) is 15.7. The molecule has 2 heterocycles. The van der Waals surface area contributed by atoms with Gasteiger partial charge in [0, 0.05) is 36.9 Å². The predicted molar refractivity (Wildman–Crippen MR) is 105 cm³/mol. The van der Waals surface area contributed by atoms with Crippen LogP contribution in [-0.2, 0) is 4.79 Å². The molecule has 1 fully saturated rings. The summed E-state index contributed by atoms with van der Waals surface area (Å²) in [5.41, 5.74) is 1.77. The van der Waals surface area contributed by atoms with Crippen LogP contribution in [0.2, 0.25) is 0 Å². The van der Waals surface area contributed by atoms with Crippen LogP contribution in [0.15, 0.2) is 30.5 Å². The third kappa shape index (κ3) is 3.72. The van der Waals surface area contributed by atoms with E-state index in [1.54, 1.807) is 16.8 Å². The van der Waals surface area contributed by atoms with E-state index in [0.717, 1.165) is 22.7 Å². The topological polar surface area (TPSA) is 65.5 Å². The molecule has 0 saturated carbocycles. The first kappa shape index (κ1) is 18.4. The van der Waals surface area contributed by atoms with Crippen molar-refractivity contribution in [3.8, 4) is 0 Å². The second kappa shape index (κ2) is 7.45. The number of urea groups is 1. The van der Waals surface area contributed by atoms with Crippen LogP contribution < -0.4 is 10.2 Å². The zero-order chi connectivity index (χ0) is 18.8. The molecular formula is C19H24N4O2S. The van der Waals surface area contributed by atoms with E-state index in [2.05, 4.69) is 24.1 Å². The summed E-state index contributed by atoms with van der Waals surface area (Å²) in [6.07, 6.45) is 1.81. The van der Waals surface area contributed by atoms with E-state index in [9.17, 15) is 9.59 Å². The number of carbonyl (C=O) groups is 2. The summed E-state index contributed by atoms with van der Waals surface area (Å²) in [6.45, 7) is 7.49. The van der Waals surface area contributed by atoms with Gasteiger partial charge in [-0.3, -0.25) is 9.69 Å². The number of carbonyl (C=O) groups excluding carboxylic acids is 2. The Bertz CT molecular complexity index is 800. The SMILES string of the molecule is CC(C)c1cnc(NC(=O)C(C)c2ccc(N3CCN(C)C3=O)cc2)s1. The summed E-state index contributed by atoms with van der Waals surface area (Å²) in [6, 6.07) is 7.62. The number of nitrogens with zero attached hydrogens (tertiary/aromatic N) is 3. The lowest BCUT2D eigenvalue weighted by Gasteiger charge is -2.17. The minimum absolute atomic E-state index is 0.00766. The highest BCUT2D eigenvalue weighted by Gasteiger charge is 2.26. The van der Waals surface area contributed by atoms with E-state index in [-0.39, 0.29) is 17.9 Å². The van der Waals surface area contributed by atoms with E-state index in [0.29, 0.717) is 17.6 Å². The van der Waals surface area contributed by atoms with Gasteiger partial charge >= 0.3 is 6.03 Å². The molecule has 1 aliphatic heterocycles. The second-order valence-corrected chi connectivity index (χ2v) is 7.94. The highest BCUT2D eigenvalue weighted by molar-refractivity contribution is 7.15. The number of thiazole rings is 1. The first-order valence-corrected chi connectivity index (χ1v) is 9.57. The molecule has 2 aromatic rings. The van der Waals surface area contributed by atoms with Crippen LogP contribution in [0.25, 0.3) is 0 Å². The van der Waals surface area contributed by atoms with Crippen molar-refractivity contribution in [3.63, 3.8) is 0 Å². The van der Waals surface area contributed by atoms with E-state index in [1.807, 2.05) is 37.4 Å². The number of benzene rings is 1. The summed E-state index contributed by atoms with van der Waals surface area (Å²) in [5.74, 6) is 0.0160.